The highest BCUT2D eigenvalue weighted by Gasteiger charge is 2.37. The molecule has 0 spiro atoms. The molecule has 6 rings (SSSR count). The molecule has 0 radical (unpaired) electrons. The maximum absolute atomic E-state index is 14.7. The number of aromatic hydroxyl groups is 1. The number of nitrogens with two attached hydrogens (primary N) is 3. The summed E-state index contributed by atoms with van der Waals surface area (Å²) >= 11 is 1.92. The molecular weight excluding hydrogens is 1270 g/mol. The number of likely N-dealkylation sites (N-methyl/N-ethyl adjacent to an activating group) is 1. The average molecular weight is 1350 g/mol. The number of hydrogen-bond donors (Lipinski definition) is 12. The van der Waals surface area contributed by atoms with Gasteiger partial charge >= 0.3 is 6.98 Å². The Morgan fingerprint density at radius 1 is 0.820 bits per heavy atom. The van der Waals surface area contributed by atoms with Gasteiger partial charge in [-0.1, -0.05) is 60.3 Å². The Morgan fingerprint density at radius 3 is 2.19 bits per heavy atom. The number of aliphatic imine (C=N–C) groups is 1. The summed E-state index contributed by atoms with van der Waals surface area (Å²) in [4.78, 5) is 117. The van der Waals surface area contributed by atoms with Gasteiger partial charge in [0.15, 0.2) is 5.96 Å². The maximum atomic E-state index is 14.7. The molecule has 1 aliphatic heterocycles. The minimum atomic E-state index is -5.09. The van der Waals surface area contributed by atoms with Gasteiger partial charge in [-0.15, -0.1) is 5.10 Å². The van der Waals surface area contributed by atoms with Crippen LogP contribution in [0.15, 0.2) is 109 Å². The van der Waals surface area contributed by atoms with Crippen LogP contribution < -0.4 is 59.7 Å². The molecule has 478 valence electrons. The van der Waals surface area contributed by atoms with Gasteiger partial charge in [0.05, 0.1) is 49.2 Å². The van der Waals surface area contributed by atoms with Crippen LogP contribution in [0.5, 0.6) is 5.75 Å². The smallest absolute Gasteiger partial charge is 0.507 e. The number of halogens is 4. The van der Waals surface area contributed by atoms with E-state index in [4.69, 9.17) is 17.2 Å². The van der Waals surface area contributed by atoms with Crippen LogP contribution in [-0.2, 0) is 52.9 Å². The van der Waals surface area contributed by atoms with Crippen molar-refractivity contribution in [3.05, 3.63) is 129 Å². The summed E-state index contributed by atoms with van der Waals surface area (Å²) in [7, 11) is 4.19. The first-order valence-electron chi connectivity index (χ1n) is 28.7. The summed E-state index contributed by atoms with van der Waals surface area (Å²) < 4.78 is 41.1. The first-order chi connectivity index (χ1) is 42.1. The number of phenolic OH excluding ortho intramolecular Hbond substituents is 1. The number of quaternary nitrogens is 1. The third-order valence-corrected chi connectivity index (χ3v) is 15.2. The van der Waals surface area contributed by atoms with Gasteiger partial charge < -0.3 is 87.2 Å². The molecule has 89 heavy (non-hydrogen) atoms. The number of nitrogens with one attached hydrogen (secondary N) is 8. The molecule has 31 heteroatoms. The van der Waals surface area contributed by atoms with E-state index in [-0.39, 0.29) is 99.1 Å². The van der Waals surface area contributed by atoms with Crippen molar-refractivity contribution in [2.45, 2.75) is 88.1 Å². The Balaban J connectivity index is 1.14. The third kappa shape index (κ3) is 22.3. The lowest BCUT2D eigenvalue weighted by atomic mass is 9.90. The lowest BCUT2D eigenvalue weighted by Crippen LogP contribution is -2.58. The number of amides is 8. The van der Waals surface area contributed by atoms with Crippen LogP contribution in [0, 0.1) is 3.57 Å². The molecule has 2 heterocycles. The quantitative estimate of drug-likeness (QED) is 0.00880. The van der Waals surface area contributed by atoms with Crippen LogP contribution in [-0.4, -0.2) is 174 Å². The molecule has 0 saturated carbocycles. The van der Waals surface area contributed by atoms with Gasteiger partial charge in [0.1, 0.15) is 48.2 Å². The first-order valence-corrected chi connectivity index (χ1v) is 29.7. The summed E-state index contributed by atoms with van der Waals surface area (Å²) in [5.74, 6) is -5.44. The SMILES string of the molecule is C=C(N)NCCC[C@@H](C(=O)NCC(=O)Nc1ccc(C(=O)NCCC[C@@H]2C(=O)N[C@@H](CCCN=C(N)N)C(=O)N[C@@H](Cc3ccc4ccccc4c3)C(=O)NCC(=O)N[C@H](Cc3ccc(O)c(I)c3)C(=O)N2C)cc1)n1cc(C[N+](C)(C)C[B-](F)(F)F)nn1. The Bertz CT molecular complexity index is 3390. The molecule has 1 saturated heterocycles. The predicted molar refractivity (Wildman–Crippen MR) is 336 cm³/mol. The van der Waals surface area contributed by atoms with Crippen LogP contribution in [0.4, 0.5) is 18.6 Å². The highest BCUT2D eigenvalue weighted by Crippen LogP contribution is 2.24. The number of rotatable bonds is 27. The standard InChI is InChI=1S/C58H76BF3IN17O9/c1-35(64)67-23-9-14-48(79-32-42(76-77-79)33-80(3,4)34-59(60,61)62)55(87)71-30-50(82)72-41-20-18-39(19-21-41)52(84)68-24-8-13-47-56(88)74-44(12-7-25-69-58(65)66)54(86)75-45(28-36-15-17-38-10-5-6-11-40(38)26-36)53(85)70-31-51(83)73-46(57(89)78(47)2)29-37-16-22-49(81)43(63)27-37/h5-6,10-11,15-22,26-27,32,44-48,67,81H,1,7-9,12-14,23-25,28-31,33-34,64H2,2-4H3,(H,68,84)(H,70,85)(H,71,87)(H,72,82)(H,73,83)(H,74,88)(H,75,86)(H4,65,66,69)/t44-,45-,46+,47+,48-/m0/s1. The number of aromatic nitrogens is 3. The second-order valence-corrected chi connectivity index (χ2v) is 23.4. The van der Waals surface area contributed by atoms with E-state index >= 15 is 0 Å². The number of fused-ring (bicyclic) bond motifs is 1. The molecule has 5 aromatic rings. The number of phenols is 1. The Kier molecular flexibility index (Phi) is 25.1. The van der Waals surface area contributed by atoms with Gasteiger partial charge in [0.2, 0.25) is 41.4 Å². The largest absolute Gasteiger partial charge is 0.531 e. The number of nitrogens with zero attached hydrogens (tertiary/aromatic N) is 6. The monoisotopic (exact) mass is 1350 g/mol. The number of carbonyl (C=O) groups is 8. The molecule has 26 nitrogen and oxygen atoms in total. The van der Waals surface area contributed by atoms with Crippen molar-refractivity contribution >= 4 is 99.2 Å². The highest BCUT2D eigenvalue weighted by atomic mass is 127. The number of guanidine groups is 1. The fourth-order valence-electron chi connectivity index (χ4n) is 10.00. The summed E-state index contributed by atoms with van der Waals surface area (Å²) in [6.45, 7) is -2.30. The van der Waals surface area contributed by atoms with E-state index in [1.54, 1.807) is 12.1 Å². The Hall–Kier alpha value is -9.01. The lowest BCUT2D eigenvalue weighted by molar-refractivity contribution is -0.895. The van der Waals surface area contributed by atoms with E-state index in [1.807, 2.05) is 65.1 Å². The lowest BCUT2D eigenvalue weighted by Gasteiger charge is -2.33. The van der Waals surface area contributed by atoms with E-state index < -0.39 is 108 Å². The van der Waals surface area contributed by atoms with Crippen molar-refractivity contribution in [1.82, 2.24) is 57.1 Å². The number of hydrogen-bond acceptors (Lipinski definition) is 14. The molecule has 1 fully saturated rings. The number of anilines is 1. The van der Waals surface area contributed by atoms with Gasteiger partial charge in [0.25, 0.3) is 5.91 Å². The molecule has 4 aromatic carbocycles. The normalized spacial score (nSPS) is 17.4. The van der Waals surface area contributed by atoms with E-state index in [0.29, 0.717) is 27.7 Å². The first kappa shape index (κ1) is 69.1. The molecule has 0 unspecified atom stereocenters. The molecule has 1 aromatic heterocycles. The van der Waals surface area contributed by atoms with Crippen molar-refractivity contribution in [1.29, 1.82) is 0 Å². The summed E-state index contributed by atoms with van der Waals surface area (Å²) in [6, 6.07) is 17.5. The van der Waals surface area contributed by atoms with Crippen LogP contribution in [0.3, 0.4) is 0 Å². The fraction of sp³-hybridized carbons (Fsp3) is 0.397. The molecular formula is C58H76BF3IN17O9. The zero-order chi connectivity index (χ0) is 65.0. The van der Waals surface area contributed by atoms with Gasteiger partial charge in [-0.25, -0.2) is 4.68 Å². The van der Waals surface area contributed by atoms with E-state index in [2.05, 4.69) is 64.4 Å². The van der Waals surface area contributed by atoms with Crippen molar-refractivity contribution < 1.29 is 60.9 Å². The average Bonchev–Trinajstić information content (AvgIpc) is 3.11. The maximum Gasteiger partial charge on any atom is 0.531 e. The summed E-state index contributed by atoms with van der Waals surface area (Å²) in [5.41, 5.74) is 18.7. The molecule has 8 amide bonds. The van der Waals surface area contributed by atoms with Crippen LogP contribution in [0.2, 0.25) is 0 Å². The molecule has 0 aliphatic carbocycles. The molecule has 1 aliphatic rings. The zero-order valence-electron chi connectivity index (χ0n) is 49.6. The molecule has 5 atom stereocenters. The summed E-state index contributed by atoms with van der Waals surface area (Å²) in [5, 5.41) is 41.9. The van der Waals surface area contributed by atoms with Crippen LogP contribution in [0.25, 0.3) is 10.8 Å². The highest BCUT2D eigenvalue weighted by molar-refractivity contribution is 14.1. The van der Waals surface area contributed by atoms with E-state index in [1.165, 1.54) is 62.4 Å². The zero-order valence-corrected chi connectivity index (χ0v) is 51.7. The van der Waals surface area contributed by atoms with Crippen molar-refractivity contribution in [3.63, 3.8) is 0 Å². The van der Waals surface area contributed by atoms with Gasteiger partial charge in [0, 0.05) is 50.8 Å². The fourth-order valence-corrected chi connectivity index (χ4v) is 10.6. The minimum Gasteiger partial charge on any atom is -0.507 e. The predicted octanol–water partition coefficient (Wildman–Crippen LogP) is 1.26. The van der Waals surface area contributed by atoms with Gasteiger partial charge in [-0.05, 0) is 119 Å². The number of benzene rings is 4. The Labute approximate surface area is 525 Å². The van der Waals surface area contributed by atoms with Gasteiger partial charge in [-0.2, -0.15) is 0 Å². The topological polar surface area (TPSA) is 377 Å². The second-order valence-electron chi connectivity index (χ2n) is 22.3. The summed E-state index contributed by atoms with van der Waals surface area (Å²) in [6.07, 6.45) is 1.02. The van der Waals surface area contributed by atoms with Crippen molar-refractivity contribution in [3.8, 4) is 5.75 Å². The van der Waals surface area contributed by atoms with Crippen LogP contribution in [0.1, 0.15) is 71.7 Å². The third-order valence-electron chi connectivity index (χ3n) is 14.4. The van der Waals surface area contributed by atoms with E-state index in [0.717, 1.165) is 15.7 Å². The Morgan fingerprint density at radius 2 is 1.49 bits per heavy atom. The van der Waals surface area contributed by atoms with Crippen molar-refractivity contribution in [2.24, 2.45) is 22.2 Å². The molecule has 15 N–H and O–H groups in total. The second kappa shape index (κ2) is 32.3. The van der Waals surface area contributed by atoms with Gasteiger partial charge in [-0.3, -0.25) is 43.3 Å². The molecule has 0 bridgehead atoms. The van der Waals surface area contributed by atoms with Crippen LogP contribution >= 0.6 is 22.6 Å². The van der Waals surface area contributed by atoms with E-state index in [9.17, 15) is 56.4 Å². The minimum absolute atomic E-state index is 0.00715. The van der Waals surface area contributed by atoms with Crippen molar-refractivity contribution in [2.75, 3.05) is 65.6 Å². The number of carbonyl (C=O) groups excluding carboxylic acids is 8.